The van der Waals surface area contributed by atoms with Gasteiger partial charge in [0, 0.05) is 24.8 Å². The van der Waals surface area contributed by atoms with Crippen LogP contribution in [0.2, 0.25) is 0 Å². The highest BCUT2D eigenvalue weighted by Crippen LogP contribution is 2.10. The van der Waals surface area contributed by atoms with Crippen LogP contribution in [0.25, 0.3) is 0 Å². The van der Waals surface area contributed by atoms with Crippen molar-refractivity contribution in [3.8, 4) is 0 Å². The molecule has 2 rings (SSSR count). The Hall–Kier alpha value is -2.42. The Morgan fingerprint density at radius 3 is 2.86 bits per heavy atom. The highest BCUT2D eigenvalue weighted by molar-refractivity contribution is 5.79. The van der Waals surface area contributed by atoms with Crippen molar-refractivity contribution >= 4 is 5.91 Å². The molecule has 0 unspecified atom stereocenters. The van der Waals surface area contributed by atoms with Gasteiger partial charge in [-0.3, -0.25) is 14.7 Å². The van der Waals surface area contributed by atoms with E-state index in [0.717, 1.165) is 0 Å². The van der Waals surface area contributed by atoms with Crippen LogP contribution in [0.3, 0.4) is 0 Å². The molecule has 0 radical (unpaired) electrons. The topological polar surface area (TPSA) is 126 Å². The number of ether oxygens (including phenoxy) is 1. The first-order valence-electron chi connectivity index (χ1n) is 6.88. The fourth-order valence-electron chi connectivity index (χ4n) is 1.94. The summed E-state index contributed by atoms with van der Waals surface area (Å²) in [6, 6.07) is -0.436. The molecule has 22 heavy (non-hydrogen) atoms. The molecule has 2 aromatic rings. The molecule has 1 atom stereocenters. The average molecular weight is 309 g/mol. The summed E-state index contributed by atoms with van der Waals surface area (Å²) in [5, 5.41) is 11.7. The Balaban J connectivity index is 1.93. The number of rotatable bonds is 7. The van der Waals surface area contributed by atoms with E-state index in [1.54, 1.807) is 21.0 Å². The van der Waals surface area contributed by atoms with Gasteiger partial charge < -0.3 is 19.7 Å². The summed E-state index contributed by atoms with van der Waals surface area (Å²) >= 11 is 0. The molecule has 0 aromatic carbocycles. The van der Waals surface area contributed by atoms with Crippen LogP contribution in [0.5, 0.6) is 0 Å². The maximum Gasteiger partial charge on any atom is 0.267 e. The van der Waals surface area contributed by atoms with E-state index in [0.29, 0.717) is 36.0 Å². The summed E-state index contributed by atoms with van der Waals surface area (Å²) in [4.78, 5) is 27.7. The summed E-state index contributed by atoms with van der Waals surface area (Å²) in [6.45, 7) is 3.96. The fourth-order valence-corrected chi connectivity index (χ4v) is 1.94. The number of aromatic amines is 2. The molecule has 0 aliphatic heterocycles. The third-order valence-corrected chi connectivity index (χ3v) is 3.19. The van der Waals surface area contributed by atoms with Crippen molar-refractivity contribution in [3.05, 3.63) is 33.3 Å². The summed E-state index contributed by atoms with van der Waals surface area (Å²) in [5.41, 5.74) is 0.767. The smallest absolute Gasteiger partial charge is 0.267 e. The van der Waals surface area contributed by atoms with Gasteiger partial charge in [-0.1, -0.05) is 5.16 Å². The van der Waals surface area contributed by atoms with Crippen molar-refractivity contribution in [2.45, 2.75) is 32.7 Å². The lowest BCUT2D eigenvalue weighted by Crippen LogP contribution is -2.29. The van der Waals surface area contributed by atoms with Crippen LogP contribution in [-0.4, -0.2) is 40.0 Å². The van der Waals surface area contributed by atoms with Gasteiger partial charge in [-0.15, -0.1) is 0 Å². The fraction of sp³-hybridized carbons (Fsp3) is 0.538. The molecule has 0 aliphatic carbocycles. The van der Waals surface area contributed by atoms with Crippen LogP contribution in [-0.2, 0) is 22.4 Å². The van der Waals surface area contributed by atoms with Gasteiger partial charge in [0.2, 0.25) is 11.8 Å². The number of amides is 1. The molecule has 0 bridgehead atoms. The van der Waals surface area contributed by atoms with E-state index in [-0.39, 0.29) is 17.9 Å². The first kappa shape index (κ1) is 16.0. The van der Waals surface area contributed by atoms with Crippen LogP contribution in [0, 0.1) is 6.92 Å². The van der Waals surface area contributed by atoms with Gasteiger partial charge in [0.1, 0.15) is 6.04 Å². The van der Waals surface area contributed by atoms with E-state index in [1.165, 1.54) is 0 Å². The molecular formula is C13H19N5O4. The van der Waals surface area contributed by atoms with Crippen molar-refractivity contribution < 1.29 is 14.1 Å². The first-order chi connectivity index (χ1) is 10.5. The number of hydrogen-bond acceptors (Lipinski definition) is 6. The second-order valence-electron chi connectivity index (χ2n) is 4.94. The van der Waals surface area contributed by atoms with Gasteiger partial charge in [-0.25, -0.2) is 0 Å². The van der Waals surface area contributed by atoms with Crippen molar-refractivity contribution in [2.75, 3.05) is 13.7 Å². The van der Waals surface area contributed by atoms with E-state index in [9.17, 15) is 9.59 Å². The average Bonchev–Trinajstić information content (AvgIpc) is 3.07. The summed E-state index contributed by atoms with van der Waals surface area (Å²) in [7, 11) is 1.59. The lowest BCUT2D eigenvalue weighted by Gasteiger charge is -2.08. The molecule has 0 saturated heterocycles. The Bertz CT molecular complexity index is 687. The number of aryl methyl sites for hydroxylation is 1. The molecule has 0 saturated carbocycles. The predicted octanol–water partition coefficient (Wildman–Crippen LogP) is 0.00322. The number of nitrogens with one attached hydrogen (secondary N) is 3. The van der Waals surface area contributed by atoms with Crippen molar-refractivity contribution in [1.82, 2.24) is 25.7 Å². The number of aromatic nitrogens is 4. The first-order valence-corrected chi connectivity index (χ1v) is 6.88. The molecule has 0 aliphatic rings. The Morgan fingerprint density at radius 1 is 1.45 bits per heavy atom. The third kappa shape index (κ3) is 3.82. The molecule has 0 spiro atoms. The number of methoxy groups -OCH3 is 1. The number of nitrogens with zero attached hydrogens (tertiary/aromatic N) is 2. The van der Waals surface area contributed by atoms with Crippen LogP contribution < -0.4 is 10.9 Å². The quantitative estimate of drug-likeness (QED) is 0.661. The van der Waals surface area contributed by atoms with Gasteiger partial charge in [0.25, 0.3) is 5.56 Å². The molecule has 2 heterocycles. The van der Waals surface area contributed by atoms with Gasteiger partial charge in [0.05, 0.1) is 13.0 Å². The number of H-pyrrole nitrogens is 2. The number of carbonyl (C=O) groups excluding carboxylic acids is 1. The van der Waals surface area contributed by atoms with Gasteiger partial charge >= 0.3 is 0 Å². The van der Waals surface area contributed by atoms with E-state index >= 15 is 0 Å². The van der Waals surface area contributed by atoms with Crippen molar-refractivity contribution in [1.29, 1.82) is 0 Å². The zero-order valence-electron chi connectivity index (χ0n) is 12.7. The highest BCUT2D eigenvalue weighted by Gasteiger charge is 2.18. The molecule has 0 fully saturated rings. The van der Waals surface area contributed by atoms with Crippen molar-refractivity contribution in [3.63, 3.8) is 0 Å². The van der Waals surface area contributed by atoms with Crippen LogP contribution in [0.15, 0.2) is 9.32 Å². The lowest BCUT2D eigenvalue weighted by molar-refractivity contribution is -0.121. The molecule has 3 N–H and O–H groups in total. The van der Waals surface area contributed by atoms with E-state index in [2.05, 4.69) is 25.7 Å². The minimum Gasteiger partial charge on any atom is -0.384 e. The zero-order chi connectivity index (χ0) is 16.1. The van der Waals surface area contributed by atoms with Gasteiger partial charge in [-0.2, -0.15) is 4.98 Å². The number of hydrogen-bond donors (Lipinski definition) is 3. The molecular weight excluding hydrogens is 290 g/mol. The number of carbonyl (C=O) groups is 1. The normalized spacial score (nSPS) is 12.3. The second-order valence-corrected chi connectivity index (χ2v) is 4.94. The minimum absolute atomic E-state index is 0.0142. The van der Waals surface area contributed by atoms with E-state index < -0.39 is 6.04 Å². The van der Waals surface area contributed by atoms with Crippen LogP contribution >= 0.6 is 0 Å². The second kappa shape index (κ2) is 7.03. The van der Waals surface area contributed by atoms with Crippen LogP contribution in [0.4, 0.5) is 0 Å². The van der Waals surface area contributed by atoms with Gasteiger partial charge in [0.15, 0.2) is 5.82 Å². The van der Waals surface area contributed by atoms with Crippen LogP contribution in [0.1, 0.15) is 35.9 Å². The largest absolute Gasteiger partial charge is 0.384 e. The summed E-state index contributed by atoms with van der Waals surface area (Å²) < 4.78 is 10.0. The molecule has 2 aromatic heterocycles. The molecule has 9 nitrogen and oxygen atoms in total. The molecule has 120 valence electrons. The monoisotopic (exact) mass is 309 g/mol. The highest BCUT2D eigenvalue weighted by atomic mass is 16.5. The third-order valence-electron chi connectivity index (χ3n) is 3.19. The van der Waals surface area contributed by atoms with Gasteiger partial charge in [-0.05, 0) is 13.8 Å². The lowest BCUT2D eigenvalue weighted by atomic mass is 10.1. The van der Waals surface area contributed by atoms with E-state index in [1.807, 2.05) is 0 Å². The Kier molecular flexibility index (Phi) is 5.10. The van der Waals surface area contributed by atoms with E-state index in [4.69, 9.17) is 9.26 Å². The Morgan fingerprint density at radius 2 is 2.23 bits per heavy atom. The maximum atomic E-state index is 12.0. The summed E-state index contributed by atoms with van der Waals surface area (Å²) in [5.74, 6) is 0.548. The SMILES string of the molecule is COCCc1noc([C@H](C)NC(=O)Cc2c(C)[nH][nH]c2=O)n1. The molecule has 9 heteroatoms. The Labute approximate surface area is 126 Å². The summed E-state index contributed by atoms with van der Waals surface area (Å²) in [6.07, 6.45) is 0.526. The zero-order valence-corrected chi connectivity index (χ0v) is 12.7. The standard InChI is InChI=1S/C13H19N5O4/c1-7-9(12(20)17-16-7)6-11(19)14-8(2)13-15-10(18-22-13)4-5-21-3/h8H,4-6H2,1-3H3,(H,14,19)(H2,16,17,20)/t8-/m0/s1. The minimum atomic E-state index is -0.436. The molecule has 1 amide bonds. The van der Waals surface area contributed by atoms with Crippen molar-refractivity contribution in [2.24, 2.45) is 0 Å². The maximum absolute atomic E-state index is 12.0. The predicted molar refractivity (Wildman–Crippen MR) is 76.3 cm³/mol.